The minimum Gasteiger partial charge on any atom is -0.463 e. The highest BCUT2D eigenvalue weighted by atomic mass is 16.8. The summed E-state index contributed by atoms with van der Waals surface area (Å²) in [4.78, 5) is 89.7. The molecular formula is C41H42O18. The van der Waals surface area contributed by atoms with Crippen molar-refractivity contribution in [3.63, 3.8) is 0 Å². The molecule has 18 nitrogen and oxygen atoms in total. The second-order valence-electron chi connectivity index (χ2n) is 13.2. The maximum absolute atomic E-state index is 13.8. The van der Waals surface area contributed by atoms with E-state index in [-0.39, 0.29) is 16.7 Å². The number of rotatable bonds is 14. The van der Waals surface area contributed by atoms with Crippen LogP contribution in [-0.4, -0.2) is 122 Å². The number of aliphatic hydroxyl groups excluding tert-OH is 1. The van der Waals surface area contributed by atoms with Gasteiger partial charge in [-0.2, -0.15) is 0 Å². The summed E-state index contributed by atoms with van der Waals surface area (Å²) in [6.07, 6.45) is -17.4. The van der Waals surface area contributed by atoms with Gasteiger partial charge in [0, 0.05) is 27.7 Å². The number of benzene rings is 3. The molecule has 0 radical (unpaired) electrons. The highest BCUT2D eigenvalue weighted by Crippen LogP contribution is 2.35. The minimum atomic E-state index is -2.05. The fourth-order valence-electron chi connectivity index (χ4n) is 6.25. The van der Waals surface area contributed by atoms with Crippen LogP contribution in [0.1, 0.15) is 58.8 Å². The lowest BCUT2D eigenvalue weighted by molar-refractivity contribution is -0.355. The molecule has 2 aliphatic heterocycles. The average Bonchev–Trinajstić information content (AvgIpc) is 3.21. The Hall–Kier alpha value is -6.21. The molecule has 2 heterocycles. The predicted molar refractivity (Wildman–Crippen MR) is 196 cm³/mol. The van der Waals surface area contributed by atoms with Crippen molar-refractivity contribution < 1.29 is 86.0 Å². The van der Waals surface area contributed by atoms with E-state index >= 15 is 0 Å². The van der Waals surface area contributed by atoms with E-state index in [4.69, 9.17) is 47.4 Å². The van der Waals surface area contributed by atoms with Crippen LogP contribution in [0.15, 0.2) is 91.0 Å². The Morgan fingerprint density at radius 1 is 0.458 bits per heavy atom. The maximum atomic E-state index is 13.8. The van der Waals surface area contributed by atoms with Crippen molar-refractivity contribution >= 4 is 41.8 Å². The second-order valence-corrected chi connectivity index (χ2v) is 13.2. The van der Waals surface area contributed by atoms with Crippen molar-refractivity contribution in [3.05, 3.63) is 108 Å². The van der Waals surface area contributed by atoms with Gasteiger partial charge in [-0.3, -0.25) is 19.2 Å². The molecule has 3 aromatic rings. The van der Waals surface area contributed by atoms with Gasteiger partial charge >= 0.3 is 41.8 Å². The monoisotopic (exact) mass is 822 g/mol. The van der Waals surface area contributed by atoms with E-state index in [0.29, 0.717) is 0 Å². The third-order valence-corrected chi connectivity index (χ3v) is 8.74. The Balaban J connectivity index is 1.61. The zero-order chi connectivity index (χ0) is 42.6. The van der Waals surface area contributed by atoms with Crippen LogP contribution < -0.4 is 0 Å². The van der Waals surface area contributed by atoms with E-state index in [1.165, 1.54) is 36.4 Å². The number of carbonyl (C=O) groups is 7. The van der Waals surface area contributed by atoms with E-state index in [0.717, 1.165) is 27.7 Å². The van der Waals surface area contributed by atoms with Crippen LogP contribution in [0.2, 0.25) is 0 Å². The summed E-state index contributed by atoms with van der Waals surface area (Å²) in [5.74, 6) is -6.31. The number of aliphatic hydroxyl groups is 1. The van der Waals surface area contributed by atoms with E-state index in [2.05, 4.69) is 0 Å². The van der Waals surface area contributed by atoms with E-state index in [1.54, 1.807) is 54.6 Å². The summed E-state index contributed by atoms with van der Waals surface area (Å²) < 4.78 is 57.4. The summed E-state index contributed by atoms with van der Waals surface area (Å²) >= 11 is 0. The average molecular weight is 823 g/mol. The topological polar surface area (TPSA) is 232 Å². The summed E-state index contributed by atoms with van der Waals surface area (Å²) in [6, 6.07) is 23.1. The van der Waals surface area contributed by atoms with E-state index in [9.17, 15) is 38.7 Å². The van der Waals surface area contributed by atoms with Crippen molar-refractivity contribution in [1.29, 1.82) is 0 Å². The van der Waals surface area contributed by atoms with Crippen LogP contribution in [0, 0.1) is 0 Å². The number of hydrogen-bond donors (Lipinski definition) is 1. The highest BCUT2D eigenvalue weighted by Gasteiger charge is 2.57. The minimum absolute atomic E-state index is 0.0275. The van der Waals surface area contributed by atoms with E-state index in [1.807, 2.05) is 0 Å². The molecule has 3 aromatic carbocycles. The molecule has 1 N–H and O–H groups in total. The molecule has 0 spiro atoms. The number of esters is 7. The molecule has 18 heteroatoms. The van der Waals surface area contributed by atoms with Gasteiger partial charge in [0.05, 0.1) is 16.7 Å². The number of hydrogen-bond acceptors (Lipinski definition) is 18. The fraction of sp³-hybridized carbons (Fsp3) is 0.390. The molecule has 59 heavy (non-hydrogen) atoms. The Kier molecular flexibility index (Phi) is 15.2. The molecule has 2 saturated heterocycles. The van der Waals surface area contributed by atoms with Crippen molar-refractivity contribution in [2.45, 2.75) is 89.1 Å². The van der Waals surface area contributed by atoms with Crippen LogP contribution in [0.5, 0.6) is 0 Å². The maximum Gasteiger partial charge on any atom is 0.338 e. The Labute approximate surface area is 337 Å². The molecule has 2 fully saturated rings. The van der Waals surface area contributed by atoms with Crippen molar-refractivity contribution in [2.24, 2.45) is 0 Å². The van der Waals surface area contributed by atoms with Crippen molar-refractivity contribution in [2.75, 3.05) is 13.2 Å². The quantitative estimate of drug-likeness (QED) is 0.182. The van der Waals surface area contributed by atoms with Crippen LogP contribution in [0.3, 0.4) is 0 Å². The Morgan fingerprint density at radius 3 is 1.36 bits per heavy atom. The smallest absolute Gasteiger partial charge is 0.338 e. The summed E-state index contributed by atoms with van der Waals surface area (Å²) in [5, 5.41) is 11.4. The molecule has 0 saturated carbocycles. The van der Waals surface area contributed by atoms with Gasteiger partial charge in [-0.05, 0) is 36.4 Å². The lowest BCUT2D eigenvalue weighted by Gasteiger charge is -2.48. The zero-order valence-corrected chi connectivity index (χ0v) is 32.2. The fourth-order valence-corrected chi connectivity index (χ4v) is 6.25. The van der Waals surface area contributed by atoms with Gasteiger partial charge in [0.1, 0.15) is 31.5 Å². The normalized spacial score (nSPS) is 26.3. The second kappa shape index (κ2) is 20.5. The third kappa shape index (κ3) is 11.9. The van der Waals surface area contributed by atoms with Gasteiger partial charge in [0.25, 0.3) is 0 Å². The van der Waals surface area contributed by atoms with E-state index < -0.39 is 116 Å². The first kappa shape index (κ1) is 43.9. The lowest BCUT2D eigenvalue weighted by atomic mass is 9.96. The van der Waals surface area contributed by atoms with Crippen molar-refractivity contribution in [1.82, 2.24) is 0 Å². The van der Waals surface area contributed by atoms with Gasteiger partial charge in [-0.15, -0.1) is 0 Å². The van der Waals surface area contributed by atoms with Gasteiger partial charge in [0.2, 0.25) is 0 Å². The zero-order valence-electron chi connectivity index (χ0n) is 32.2. The van der Waals surface area contributed by atoms with Crippen molar-refractivity contribution in [3.8, 4) is 0 Å². The SMILES string of the molecule is CC(=O)OC[C@H]1O[C@H](O[C@@H]2[C@H](OC(=O)c3ccccc3)[C@@H](OC(=O)c3ccccc3)[C@@H](O)O[C@@H]2COC(=O)c2ccccc2)[C@H](OC(C)=O)[C@@H](OC(C)=O)[C@H]1OC(C)=O. The molecule has 0 aromatic heterocycles. The standard InChI is InChI=1S/C41H42O18/c1-22(42)50-20-30-31(52-23(2)43)34(53-24(3)44)36(54-25(4)45)41(56-30)59-32-29(21-51-37(46)26-14-8-5-9-15-26)55-40(49)35(58-39(48)28-18-12-7-13-19-28)33(32)57-38(47)27-16-10-6-11-17-27/h5-19,29-36,40-41,49H,20-21H2,1-4H3/t29-,30-,31+,32+,33+,34+,35-,36-,40+,41-/m1/s1. The molecule has 0 unspecified atom stereocenters. The van der Waals surface area contributed by atoms with Gasteiger partial charge in [-0.1, -0.05) is 54.6 Å². The van der Waals surface area contributed by atoms with Crippen LogP contribution in [0.4, 0.5) is 0 Å². The first-order valence-electron chi connectivity index (χ1n) is 18.3. The Morgan fingerprint density at radius 2 is 0.864 bits per heavy atom. The molecule has 0 aliphatic carbocycles. The van der Waals surface area contributed by atoms with Crippen LogP contribution in [0.25, 0.3) is 0 Å². The number of ether oxygens (including phenoxy) is 10. The predicted octanol–water partition coefficient (Wildman–Crippen LogP) is 2.48. The molecule has 10 atom stereocenters. The largest absolute Gasteiger partial charge is 0.463 e. The Bertz CT molecular complexity index is 1940. The molecule has 5 rings (SSSR count). The summed E-state index contributed by atoms with van der Waals surface area (Å²) in [7, 11) is 0. The molecule has 0 amide bonds. The first-order chi connectivity index (χ1) is 28.2. The highest BCUT2D eigenvalue weighted by molar-refractivity contribution is 5.91. The molecular weight excluding hydrogens is 780 g/mol. The molecule has 2 aliphatic rings. The van der Waals surface area contributed by atoms with Gasteiger partial charge in [-0.25, -0.2) is 14.4 Å². The van der Waals surface area contributed by atoms with Crippen LogP contribution in [-0.2, 0) is 66.5 Å². The third-order valence-electron chi connectivity index (χ3n) is 8.74. The first-order valence-corrected chi connectivity index (χ1v) is 18.3. The lowest BCUT2D eigenvalue weighted by Crippen LogP contribution is -2.67. The van der Waals surface area contributed by atoms with Gasteiger partial charge < -0.3 is 52.5 Å². The number of carbonyl (C=O) groups excluding carboxylic acids is 7. The summed E-state index contributed by atoms with van der Waals surface area (Å²) in [6.45, 7) is 2.88. The van der Waals surface area contributed by atoms with Crippen LogP contribution >= 0.6 is 0 Å². The molecule has 314 valence electrons. The summed E-state index contributed by atoms with van der Waals surface area (Å²) in [5.41, 5.74) is 0.214. The van der Waals surface area contributed by atoms with Gasteiger partial charge in [0.15, 0.2) is 43.1 Å². The molecule has 0 bridgehead atoms.